The summed E-state index contributed by atoms with van der Waals surface area (Å²) in [5.74, 6) is 0.615. The number of esters is 1. The first kappa shape index (κ1) is 21.1. The van der Waals surface area contributed by atoms with Crippen LogP contribution < -0.4 is 0 Å². The third kappa shape index (κ3) is 4.36. The van der Waals surface area contributed by atoms with Crippen LogP contribution in [0.3, 0.4) is 0 Å². The monoisotopic (exact) mass is 424 g/mol. The molecule has 0 saturated carbocycles. The SMILES string of the molecule is CCCOC(=O)c1cnc(-c2nc3cc(C(F)(F)F)cnc3n2C)c(SCC)c1. The summed E-state index contributed by atoms with van der Waals surface area (Å²) < 4.78 is 45.7. The number of ether oxygens (including phenoxy) is 1. The van der Waals surface area contributed by atoms with Crippen LogP contribution in [0.1, 0.15) is 36.2 Å². The number of thioether (sulfide) groups is 1. The molecule has 0 atom stereocenters. The van der Waals surface area contributed by atoms with Gasteiger partial charge in [-0.1, -0.05) is 13.8 Å². The van der Waals surface area contributed by atoms with Gasteiger partial charge in [0.05, 0.1) is 17.7 Å². The van der Waals surface area contributed by atoms with Gasteiger partial charge in [0.2, 0.25) is 0 Å². The average molecular weight is 424 g/mol. The topological polar surface area (TPSA) is 69.9 Å². The fourth-order valence-corrected chi connectivity index (χ4v) is 3.51. The van der Waals surface area contributed by atoms with Crippen molar-refractivity contribution in [3.63, 3.8) is 0 Å². The highest BCUT2D eigenvalue weighted by atomic mass is 32.2. The number of aryl methyl sites for hydroxylation is 1. The highest BCUT2D eigenvalue weighted by Crippen LogP contribution is 2.34. The molecule has 0 N–H and O–H groups in total. The molecule has 3 aromatic rings. The van der Waals surface area contributed by atoms with E-state index in [1.54, 1.807) is 17.7 Å². The number of halogens is 3. The van der Waals surface area contributed by atoms with Gasteiger partial charge in [0.15, 0.2) is 11.5 Å². The Morgan fingerprint density at radius 1 is 1.21 bits per heavy atom. The first-order valence-electron chi connectivity index (χ1n) is 8.96. The van der Waals surface area contributed by atoms with Crippen LogP contribution in [0.25, 0.3) is 22.7 Å². The summed E-state index contributed by atoms with van der Waals surface area (Å²) in [6.45, 7) is 4.16. The number of carbonyl (C=O) groups excluding carboxylic acids is 1. The molecule has 6 nitrogen and oxygen atoms in total. The fourth-order valence-electron chi connectivity index (χ4n) is 2.71. The van der Waals surface area contributed by atoms with Crippen LogP contribution in [0.2, 0.25) is 0 Å². The maximum atomic E-state index is 13.0. The molecule has 3 aromatic heterocycles. The summed E-state index contributed by atoms with van der Waals surface area (Å²) in [6.07, 6.45) is -1.61. The summed E-state index contributed by atoms with van der Waals surface area (Å²) in [5, 5.41) is 0. The maximum Gasteiger partial charge on any atom is 0.417 e. The zero-order valence-electron chi connectivity index (χ0n) is 16.1. The zero-order valence-corrected chi connectivity index (χ0v) is 16.9. The molecule has 0 saturated heterocycles. The number of aromatic nitrogens is 4. The summed E-state index contributed by atoms with van der Waals surface area (Å²) in [6, 6.07) is 2.64. The van der Waals surface area contributed by atoms with Crippen LogP contribution in [-0.2, 0) is 18.0 Å². The van der Waals surface area contributed by atoms with Gasteiger partial charge >= 0.3 is 12.1 Å². The molecular weight excluding hydrogens is 405 g/mol. The van der Waals surface area contributed by atoms with Gasteiger partial charge in [-0.15, -0.1) is 11.8 Å². The minimum Gasteiger partial charge on any atom is -0.462 e. The fraction of sp³-hybridized carbons (Fsp3) is 0.368. The Bertz CT molecular complexity index is 1050. The van der Waals surface area contributed by atoms with Crippen LogP contribution in [0, 0.1) is 0 Å². The van der Waals surface area contributed by atoms with E-state index in [0.29, 0.717) is 46.4 Å². The zero-order chi connectivity index (χ0) is 21.2. The number of imidazole rings is 1. The number of fused-ring (bicyclic) bond motifs is 1. The largest absolute Gasteiger partial charge is 0.462 e. The van der Waals surface area contributed by atoms with Crippen molar-refractivity contribution in [3.05, 3.63) is 35.7 Å². The molecule has 0 fully saturated rings. The molecule has 10 heteroatoms. The van der Waals surface area contributed by atoms with E-state index in [2.05, 4.69) is 15.0 Å². The number of alkyl halides is 3. The molecule has 0 unspecified atom stereocenters. The summed E-state index contributed by atoms with van der Waals surface area (Å²) in [7, 11) is 1.66. The Morgan fingerprint density at radius 3 is 2.62 bits per heavy atom. The van der Waals surface area contributed by atoms with E-state index in [0.717, 1.165) is 12.3 Å². The molecule has 0 aliphatic carbocycles. The third-order valence-corrected chi connectivity index (χ3v) is 4.98. The van der Waals surface area contributed by atoms with E-state index in [1.807, 2.05) is 13.8 Å². The van der Waals surface area contributed by atoms with Crippen LogP contribution in [-0.4, -0.2) is 37.8 Å². The number of hydrogen-bond acceptors (Lipinski definition) is 6. The molecule has 0 aromatic carbocycles. The summed E-state index contributed by atoms with van der Waals surface area (Å²) >= 11 is 1.45. The Balaban J connectivity index is 2.08. The van der Waals surface area contributed by atoms with Crippen molar-refractivity contribution in [2.45, 2.75) is 31.3 Å². The normalized spacial score (nSPS) is 11.8. The Hall–Kier alpha value is -2.62. The van der Waals surface area contributed by atoms with Gasteiger partial charge in [-0.3, -0.25) is 4.98 Å². The summed E-state index contributed by atoms with van der Waals surface area (Å²) in [5.41, 5.74) is 0.360. The van der Waals surface area contributed by atoms with Gasteiger partial charge in [-0.2, -0.15) is 13.2 Å². The Morgan fingerprint density at radius 2 is 1.97 bits per heavy atom. The van der Waals surface area contributed by atoms with Crippen LogP contribution in [0.5, 0.6) is 0 Å². The highest BCUT2D eigenvalue weighted by molar-refractivity contribution is 7.99. The van der Waals surface area contributed by atoms with Gasteiger partial charge < -0.3 is 9.30 Å². The molecule has 3 heterocycles. The minimum atomic E-state index is -4.50. The highest BCUT2D eigenvalue weighted by Gasteiger charge is 2.32. The molecule has 0 aliphatic heterocycles. The number of hydrogen-bond donors (Lipinski definition) is 0. The number of nitrogens with zero attached hydrogens (tertiary/aromatic N) is 4. The number of pyridine rings is 2. The molecule has 0 amide bonds. The Labute approximate surface area is 169 Å². The van der Waals surface area contributed by atoms with Gasteiger partial charge in [0.1, 0.15) is 11.2 Å². The predicted octanol–water partition coefficient (Wildman–Crippen LogP) is 4.73. The van der Waals surface area contributed by atoms with Gasteiger partial charge in [-0.05, 0) is 24.3 Å². The van der Waals surface area contributed by atoms with Crippen molar-refractivity contribution < 1.29 is 22.7 Å². The van der Waals surface area contributed by atoms with Gasteiger partial charge in [0.25, 0.3) is 0 Å². The first-order valence-corrected chi connectivity index (χ1v) is 9.94. The van der Waals surface area contributed by atoms with Crippen molar-refractivity contribution in [1.29, 1.82) is 0 Å². The van der Waals surface area contributed by atoms with Crippen molar-refractivity contribution in [2.75, 3.05) is 12.4 Å². The van der Waals surface area contributed by atoms with E-state index in [-0.39, 0.29) is 5.52 Å². The molecular formula is C19H19F3N4O2S. The standard InChI is InChI=1S/C19H19F3N4O2S/c1-4-6-28-18(27)11-7-14(29-5-2)15(23-9-11)17-25-13-8-12(19(20,21)22)10-24-16(13)26(17)3/h7-10H,4-6H2,1-3H3. The number of rotatable bonds is 6. The molecule has 0 radical (unpaired) electrons. The molecule has 3 rings (SSSR count). The van der Waals surface area contributed by atoms with E-state index in [9.17, 15) is 18.0 Å². The lowest BCUT2D eigenvalue weighted by Crippen LogP contribution is -2.07. The molecule has 29 heavy (non-hydrogen) atoms. The second-order valence-electron chi connectivity index (χ2n) is 6.20. The maximum absolute atomic E-state index is 13.0. The van der Waals surface area contributed by atoms with Crippen LogP contribution >= 0.6 is 11.8 Å². The second-order valence-corrected chi connectivity index (χ2v) is 7.50. The lowest BCUT2D eigenvalue weighted by atomic mass is 10.2. The van der Waals surface area contributed by atoms with Crippen molar-refractivity contribution in [2.24, 2.45) is 7.05 Å². The van der Waals surface area contributed by atoms with E-state index in [1.165, 1.54) is 18.0 Å². The van der Waals surface area contributed by atoms with Crippen molar-refractivity contribution in [3.8, 4) is 11.5 Å². The number of carbonyl (C=O) groups is 1. The van der Waals surface area contributed by atoms with Crippen LogP contribution in [0.4, 0.5) is 13.2 Å². The second kappa shape index (κ2) is 8.40. The average Bonchev–Trinajstić information content (AvgIpc) is 3.01. The lowest BCUT2D eigenvalue weighted by Gasteiger charge is -2.10. The first-order chi connectivity index (χ1) is 13.8. The quantitative estimate of drug-likeness (QED) is 0.421. The van der Waals surface area contributed by atoms with Crippen molar-refractivity contribution in [1.82, 2.24) is 19.5 Å². The molecule has 154 valence electrons. The van der Waals surface area contributed by atoms with E-state index in [4.69, 9.17) is 4.74 Å². The van der Waals surface area contributed by atoms with E-state index < -0.39 is 17.7 Å². The molecule has 0 bridgehead atoms. The molecule has 0 aliphatic rings. The van der Waals surface area contributed by atoms with Crippen LogP contribution in [0.15, 0.2) is 29.4 Å². The summed E-state index contributed by atoms with van der Waals surface area (Å²) in [4.78, 5) is 25.4. The molecule has 0 spiro atoms. The van der Waals surface area contributed by atoms with Crippen molar-refractivity contribution >= 4 is 28.9 Å². The van der Waals surface area contributed by atoms with Gasteiger partial charge in [-0.25, -0.2) is 14.8 Å². The minimum absolute atomic E-state index is 0.123. The van der Waals surface area contributed by atoms with E-state index >= 15 is 0 Å². The third-order valence-electron chi connectivity index (χ3n) is 4.07. The lowest BCUT2D eigenvalue weighted by molar-refractivity contribution is -0.137. The Kier molecular flexibility index (Phi) is 6.11. The predicted molar refractivity (Wildman–Crippen MR) is 104 cm³/mol. The smallest absolute Gasteiger partial charge is 0.417 e. The van der Waals surface area contributed by atoms with Gasteiger partial charge in [0, 0.05) is 24.3 Å².